The highest BCUT2D eigenvalue weighted by molar-refractivity contribution is 7.71. The van der Waals surface area contributed by atoms with Gasteiger partial charge in [0.05, 0.1) is 0 Å². The number of aryl methyl sites for hydroxylation is 1. The van der Waals surface area contributed by atoms with E-state index < -0.39 is 0 Å². The summed E-state index contributed by atoms with van der Waals surface area (Å²) >= 11 is 5.19. The molecule has 0 aliphatic rings. The van der Waals surface area contributed by atoms with Gasteiger partial charge in [-0.1, -0.05) is 45.1 Å². The van der Waals surface area contributed by atoms with Crippen LogP contribution in [0.25, 0.3) is 11.4 Å². The molecule has 0 saturated carbocycles. The van der Waals surface area contributed by atoms with Crippen LogP contribution in [-0.4, -0.2) is 9.97 Å². The van der Waals surface area contributed by atoms with Gasteiger partial charge in [0, 0.05) is 16.7 Å². The molecule has 4 heteroatoms. The van der Waals surface area contributed by atoms with Gasteiger partial charge in [0.2, 0.25) is 0 Å². The van der Waals surface area contributed by atoms with Crippen LogP contribution in [0.3, 0.4) is 0 Å². The molecule has 0 bridgehead atoms. The van der Waals surface area contributed by atoms with E-state index in [2.05, 4.69) is 30.7 Å². The Morgan fingerprint density at radius 2 is 1.89 bits per heavy atom. The lowest BCUT2D eigenvalue weighted by Gasteiger charge is -2.19. The number of hydrogen-bond acceptors (Lipinski definition) is 2. The summed E-state index contributed by atoms with van der Waals surface area (Å²) < 4.78 is 14.1. The van der Waals surface area contributed by atoms with Gasteiger partial charge in [-0.05, 0) is 24.6 Å². The van der Waals surface area contributed by atoms with Crippen molar-refractivity contribution in [2.75, 3.05) is 0 Å². The Morgan fingerprint density at radius 1 is 1.21 bits per heavy atom. The normalized spacial score (nSPS) is 11.6. The molecule has 1 heterocycles. The van der Waals surface area contributed by atoms with E-state index in [0.717, 1.165) is 5.69 Å². The molecule has 0 amide bonds. The Labute approximate surface area is 117 Å². The molecule has 1 N–H and O–H groups in total. The number of nitrogens with zero attached hydrogens (tertiary/aromatic N) is 1. The maximum Gasteiger partial charge on any atom is 0.139 e. The standard InChI is InChI=1S/C15H17FN2S/c1-9-5-6-10(7-11(9)16)14-17-12(15(2,3)4)8-13(19)18-14/h5-8H,1-4H3,(H,17,18,19). The van der Waals surface area contributed by atoms with Gasteiger partial charge in [-0.15, -0.1) is 0 Å². The molecular weight excluding hydrogens is 259 g/mol. The zero-order valence-electron chi connectivity index (χ0n) is 11.5. The molecule has 1 aromatic carbocycles. The van der Waals surface area contributed by atoms with Crippen LogP contribution in [0, 0.1) is 17.4 Å². The third-order valence-corrected chi connectivity index (χ3v) is 3.21. The monoisotopic (exact) mass is 276 g/mol. The first-order valence-corrected chi connectivity index (χ1v) is 6.56. The van der Waals surface area contributed by atoms with Gasteiger partial charge >= 0.3 is 0 Å². The largest absolute Gasteiger partial charge is 0.343 e. The fourth-order valence-corrected chi connectivity index (χ4v) is 1.95. The zero-order valence-corrected chi connectivity index (χ0v) is 12.4. The van der Waals surface area contributed by atoms with Gasteiger partial charge in [-0.25, -0.2) is 9.37 Å². The van der Waals surface area contributed by atoms with Gasteiger partial charge in [0.25, 0.3) is 0 Å². The molecule has 19 heavy (non-hydrogen) atoms. The average molecular weight is 276 g/mol. The number of H-pyrrole nitrogens is 1. The smallest absolute Gasteiger partial charge is 0.139 e. The van der Waals surface area contributed by atoms with Crippen molar-refractivity contribution in [2.45, 2.75) is 33.1 Å². The van der Waals surface area contributed by atoms with Crippen LogP contribution < -0.4 is 0 Å². The molecule has 0 aliphatic carbocycles. The van der Waals surface area contributed by atoms with Crippen molar-refractivity contribution in [2.24, 2.45) is 0 Å². The summed E-state index contributed by atoms with van der Waals surface area (Å²) in [4.78, 5) is 7.52. The van der Waals surface area contributed by atoms with Crippen molar-refractivity contribution >= 4 is 12.2 Å². The minimum absolute atomic E-state index is 0.0610. The fraction of sp³-hybridized carbons (Fsp3) is 0.333. The first-order chi connectivity index (χ1) is 8.77. The molecule has 0 atom stereocenters. The lowest BCUT2D eigenvalue weighted by atomic mass is 9.92. The number of aromatic amines is 1. The van der Waals surface area contributed by atoms with Crippen molar-refractivity contribution in [1.82, 2.24) is 9.97 Å². The summed E-state index contributed by atoms with van der Waals surface area (Å²) in [5, 5.41) is 0. The number of hydrogen-bond donors (Lipinski definition) is 1. The van der Waals surface area contributed by atoms with Crippen molar-refractivity contribution in [3.05, 3.63) is 46.0 Å². The minimum atomic E-state index is -0.236. The lowest BCUT2D eigenvalue weighted by Crippen LogP contribution is -2.14. The van der Waals surface area contributed by atoms with Crippen LogP contribution in [0.4, 0.5) is 4.39 Å². The van der Waals surface area contributed by atoms with Gasteiger partial charge in [0.15, 0.2) is 0 Å². The predicted octanol–water partition coefficient (Wildman–Crippen LogP) is 4.55. The van der Waals surface area contributed by atoms with Crippen molar-refractivity contribution in [1.29, 1.82) is 0 Å². The summed E-state index contributed by atoms with van der Waals surface area (Å²) in [5.41, 5.74) is 2.26. The van der Waals surface area contributed by atoms with Crippen molar-refractivity contribution < 1.29 is 4.39 Å². The van der Waals surface area contributed by atoms with Crippen molar-refractivity contribution in [3.63, 3.8) is 0 Å². The number of halogens is 1. The molecule has 0 fully saturated rings. The van der Waals surface area contributed by atoms with Crippen LogP contribution in [0.2, 0.25) is 0 Å². The summed E-state index contributed by atoms with van der Waals surface area (Å²) in [6, 6.07) is 6.92. The first kappa shape index (κ1) is 13.9. The molecule has 100 valence electrons. The van der Waals surface area contributed by atoms with Crippen LogP contribution in [-0.2, 0) is 5.41 Å². The van der Waals surface area contributed by atoms with E-state index in [4.69, 9.17) is 12.2 Å². The van der Waals surface area contributed by atoms with E-state index in [1.165, 1.54) is 6.07 Å². The Kier molecular flexibility index (Phi) is 3.54. The maximum absolute atomic E-state index is 13.6. The zero-order chi connectivity index (χ0) is 14.2. The molecule has 0 unspecified atom stereocenters. The second kappa shape index (κ2) is 4.85. The molecule has 0 radical (unpaired) electrons. The molecular formula is C15H17FN2S. The van der Waals surface area contributed by atoms with Crippen molar-refractivity contribution in [3.8, 4) is 11.4 Å². The molecule has 2 nitrogen and oxygen atoms in total. The van der Waals surface area contributed by atoms with Crippen LogP contribution in [0.1, 0.15) is 32.0 Å². The topological polar surface area (TPSA) is 28.7 Å². The van der Waals surface area contributed by atoms with Gasteiger partial charge in [-0.3, -0.25) is 0 Å². The van der Waals surface area contributed by atoms with Gasteiger partial charge in [0.1, 0.15) is 16.3 Å². The fourth-order valence-electron chi connectivity index (χ4n) is 1.74. The molecule has 2 aromatic rings. The second-order valence-corrected chi connectivity index (χ2v) is 6.11. The highest BCUT2D eigenvalue weighted by Gasteiger charge is 2.16. The Morgan fingerprint density at radius 3 is 2.47 bits per heavy atom. The predicted molar refractivity (Wildman–Crippen MR) is 78.3 cm³/mol. The molecule has 0 saturated heterocycles. The number of aromatic nitrogens is 2. The summed E-state index contributed by atoms with van der Waals surface area (Å²) in [6.45, 7) is 8.01. The van der Waals surface area contributed by atoms with E-state index in [1.807, 2.05) is 12.1 Å². The van der Waals surface area contributed by atoms with Crippen LogP contribution in [0.15, 0.2) is 24.3 Å². The minimum Gasteiger partial charge on any atom is -0.343 e. The van der Waals surface area contributed by atoms with E-state index in [-0.39, 0.29) is 11.2 Å². The number of nitrogens with one attached hydrogen (secondary N) is 1. The Balaban J connectivity index is 2.59. The summed E-state index contributed by atoms with van der Waals surface area (Å²) in [6.07, 6.45) is 0. The van der Waals surface area contributed by atoms with Gasteiger partial charge in [-0.2, -0.15) is 0 Å². The lowest BCUT2D eigenvalue weighted by molar-refractivity contribution is 0.567. The highest BCUT2D eigenvalue weighted by Crippen LogP contribution is 2.24. The van der Waals surface area contributed by atoms with Crippen LogP contribution >= 0.6 is 12.2 Å². The third kappa shape index (κ3) is 3.07. The van der Waals surface area contributed by atoms with Crippen LogP contribution in [0.5, 0.6) is 0 Å². The van der Waals surface area contributed by atoms with E-state index >= 15 is 0 Å². The SMILES string of the molecule is Cc1ccc(-c2nc(=S)cc(C(C)(C)C)[nH]2)cc1F. The first-order valence-electron chi connectivity index (χ1n) is 6.16. The third-order valence-electron chi connectivity index (χ3n) is 3.00. The van der Waals surface area contributed by atoms with Gasteiger partial charge < -0.3 is 4.98 Å². The summed E-state index contributed by atoms with van der Waals surface area (Å²) in [7, 11) is 0. The second-order valence-electron chi connectivity index (χ2n) is 5.70. The average Bonchev–Trinajstić information content (AvgIpc) is 2.31. The molecule has 2 rings (SSSR count). The molecule has 1 aromatic heterocycles. The molecule has 0 aliphatic heterocycles. The quantitative estimate of drug-likeness (QED) is 0.774. The Hall–Kier alpha value is -1.55. The van der Waals surface area contributed by atoms with E-state index in [0.29, 0.717) is 21.6 Å². The van der Waals surface area contributed by atoms with E-state index in [9.17, 15) is 4.39 Å². The number of rotatable bonds is 1. The molecule has 0 spiro atoms. The maximum atomic E-state index is 13.6. The Bertz CT molecular complexity index is 669. The summed E-state index contributed by atoms with van der Waals surface area (Å²) in [5.74, 6) is 0.371. The highest BCUT2D eigenvalue weighted by atomic mass is 32.1. The number of benzene rings is 1. The van der Waals surface area contributed by atoms with E-state index in [1.54, 1.807) is 13.0 Å².